The highest BCUT2D eigenvalue weighted by Gasteiger charge is 2.13. The lowest BCUT2D eigenvalue weighted by Gasteiger charge is -2.12. The maximum Gasteiger partial charge on any atom is 0.264 e. The number of aryl methyl sites for hydroxylation is 2. The molecule has 0 aliphatic carbocycles. The number of hydrogen-bond acceptors (Lipinski definition) is 5. The molecule has 0 saturated carbocycles. The number of benzene rings is 1. The van der Waals surface area contributed by atoms with Gasteiger partial charge in [-0.05, 0) is 36.9 Å². The van der Waals surface area contributed by atoms with Crippen molar-refractivity contribution in [2.75, 3.05) is 0 Å². The molecule has 5 nitrogen and oxygen atoms in total. The first-order valence-electron chi connectivity index (χ1n) is 7.18. The summed E-state index contributed by atoms with van der Waals surface area (Å²) in [6.45, 7) is 2.06. The van der Waals surface area contributed by atoms with Crippen LogP contribution in [0.15, 0.2) is 41.5 Å². The fourth-order valence-electron chi connectivity index (χ4n) is 2.44. The third kappa shape index (κ3) is 3.08. The molecule has 6 heteroatoms. The van der Waals surface area contributed by atoms with Crippen LogP contribution in [0.5, 0.6) is 0 Å². The third-order valence-electron chi connectivity index (χ3n) is 3.65. The van der Waals surface area contributed by atoms with Crippen molar-refractivity contribution in [2.45, 2.75) is 32.4 Å². The summed E-state index contributed by atoms with van der Waals surface area (Å²) >= 11 is 1.23. The summed E-state index contributed by atoms with van der Waals surface area (Å²) < 4.78 is 5.63. The van der Waals surface area contributed by atoms with Gasteiger partial charge in [0.1, 0.15) is 0 Å². The van der Waals surface area contributed by atoms with E-state index in [9.17, 15) is 9.90 Å². The van der Waals surface area contributed by atoms with Crippen molar-refractivity contribution in [3.8, 4) is 0 Å². The van der Waals surface area contributed by atoms with Crippen LogP contribution in [-0.4, -0.2) is 25.1 Å². The molecule has 2 heterocycles. The molecule has 0 spiro atoms. The summed E-state index contributed by atoms with van der Waals surface area (Å²) in [6.07, 6.45) is 2.30. The summed E-state index contributed by atoms with van der Waals surface area (Å²) in [6, 6.07) is 10.0. The Morgan fingerprint density at radius 1 is 1.32 bits per heavy atom. The summed E-state index contributed by atoms with van der Waals surface area (Å²) in [7, 11) is 0. The van der Waals surface area contributed by atoms with Gasteiger partial charge in [0.25, 0.3) is 5.56 Å². The normalized spacial score (nSPS) is 12.6. The molecule has 0 saturated heterocycles. The zero-order valence-electron chi connectivity index (χ0n) is 12.3. The van der Waals surface area contributed by atoms with E-state index in [1.165, 1.54) is 28.0 Å². The molecule has 1 N–H and O–H groups in total. The fourth-order valence-corrected chi connectivity index (χ4v) is 3.17. The van der Waals surface area contributed by atoms with Crippen LogP contribution in [0, 0.1) is 6.92 Å². The Bertz CT molecular complexity index is 826. The number of nitrogens with zero attached hydrogens (tertiary/aromatic N) is 3. The van der Waals surface area contributed by atoms with Crippen molar-refractivity contribution in [1.29, 1.82) is 0 Å². The third-order valence-corrected chi connectivity index (χ3v) is 4.50. The SMILES string of the molecule is Cc1nsc2ncn(C[C@H](O)CCc3ccccc3)c(=O)c12. The Hall–Kier alpha value is -2.05. The molecule has 2 aromatic heterocycles. The highest BCUT2D eigenvalue weighted by Crippen LogP contribution is 2.15. The van der Waals surface area contributed by atoms with E-state index in [1.807, 2.05) is 30.3 Å². The van der Waals surface area contributed by atoms with Crippen LogP contribution >= 0.6 is 11.5 Å². The zero-order valence-corrected chi connectivity index (χ0v) is 13.1. The lowest BCUT2D eigenvalue weighted by Crippen LogP contribution is -2.27. The van der Waals surface area contributed by atoms with Crippen LogP contribution < -0.4 is 5.56 Å². The number of aromatic nitrogens is 3. The van der Waals surface area contributed by atoms with Gasteiger partial charge >= 0.3 is 0 Å². The van der Waals surface area contributed by atoms with Crippen molar-refractivity contribution in [3.05, 3.63) is 58.3 Å². The molecule has 3 aromatic rings. The van der Waals surface area contributed by atoms with Crippen molar-refractivity contribution in [1.82, 2.24) is 13.9 Å². The van der Waals surface area contributed by atoms with E-state index in [1.54, 1.807) is 6.92 Å². The van der Waals surface area contributed by atoms with Gasteiger partial charge in [0.15, 0.2) is 4.83 Å². The molecule has 1 aromatic carbocycles. The minimum absolute atomic E-state index is 0.130. The molecule has 0 aliphatic rings. The topological polar surface area (TPSA) is 68.0 Å². The highest BCUT2D eigenvalue weighted by atomic mass is 32.1. The standard InChI is InChI=1S/C16H17N3O2S/c1-11-14-15(22-18-11)17-10-19(16(14)21)9-13(20)8-7-12-5-3-2-4-6-12/h2-6,10,13,20H,7-9H2,1H3/t13-/m1/s1. The van der Waals surface area contributed by atoms with Crippen molar-refractivity contribution >= 4 is 21.7 Å². The number of hydrogen-bond donors (Lipinski definition) is 1. The second-order valence-corrected chi connectivity index (χ2v) is 6.08. The second-order valence-electron chi connectivity index (χ2n) is 5.33. The van der Waals surface area contributed by atoms with E-state index in [0.29, 0.717) is 22.3 Å². The predicted octanol–water partition coefficient (Wildman–Crippen LogP) is 2.16. The van der Waals surface area contributed by atoms with E-state index in [0.717, 1.165) is 6.42 Å². The Kier molecular flexibility index (Phi) is 4.31. The summed E-state index contributed by atoms with van der Waals surface area (Å²) in [5, 5.41) is 10.7. The summed E-state index contributed by atoms with van der Waals surface area (Å²) in [5.74, 6) is 0. The van der Waals surface area contributed by atoms with Gasteiger partial charge in [-0.2, -0.15) is 4.37 Å². The van der Waals surface area contributed by atoms with Gasteiger partial charge < -0.3 is 5.11 Å². The number of rotatable bonds is 5. The molecular weight excluding hydrogens is 298 g/mol. The van der Waals surface area contributed by atoms with Crippen LogP contribution in [0.2, 0.25) is 0 Å². The molecule has 0 radical (unpaired) electrons. The molecule has 114 valence electrons. The fraction of sp³-hybridized carbons (Fsp3) is 0.312. The van der Waals surface area contributed by atoms with Gasteiger partial charge in [0.05, 0.1) is 30.1 Å². The quantitative estimate of drug-likeness (QED) is 0.783. The van der Waals surface area contributed by atoms with E-state index in [2.05, 4.69) is 9.36 Å². The number of aliphatic hydroxyl groups is 1. The van der Waals surface area contributed by atoms with Gasteiger partial charge in [-0.15, -0.1) is 0 Å². The van der Waals surface area contributed by atoms with Crippen LogP contribution in [0.25, 0.3) is 10.2 Å². The van der Waals surface area contributed by atoms with Gasteiger partial charge in [-0.1, -0.05) is 30.3 Å². The lowest BCUT2D eigenvalue weighted by molar-refractivity contribution is 0.143. The largest absolute Gasteiger partial charge is 0.391 e. The van der Waals surface area contributed by atoms with Gasteiger partial charge in [0.2, 0.25) is 0 Å². The molecule has 0 fully saturated rings. The van der Waals surface area contributed by atoms with Crippen LogP contribution in [-0.2, 0) is 13.0 Å². The Morgan fingerprint density at radius 3 is 2.86 bits per heavy atom. The van der Waals surface area contributed by atoms with E-state index >= 15 is 0 Å². The predicted molar refractivity (Wildman–Crippen MR) is 87.2 cm³/mol. The minimum atomic E-state index is -0.580. The van der Waals surface area contributed by atoms with Crippen molar-refractivity contribution in [3.63, 3.8) is 0 Å². The maximum atomic E-state index is 12.4. The van der Waals surface area contributed by atoms with E-state index < -0.39 is 6.10 Å². The van der Waals surface area contributed by atoms with E-state index in [-0.39, 0.29) is 12.1 Å². The highest BCUT2D eigenvalue weighted by molar-refractivity contribution is 7.12. The first-order chi connectivity index (χ1) is 10.6. The number of fused-ring (bicyclic) bond motifs is 1. The van der Waals surface area contributed by atoms with Gasteiger partial charge in [-0.3, -0.25) is 9.36 Å². The first-order valence-corrected chi connectivity index (χ1v) is 7.96. The monoisotopic (exact) mass is 315 g/mol. The Morgan fingerprint density at radius 2 is 2.09 bits per heavy atom. The average Bonchev–Trinajstić information content (AvgIpc) is 2.91. The van der Waals surface area contributed by atoms with Crippen LogP contribution in [0.4, 0.5) is 0 Å². The average molecular weight is 315 g/mol. The summed E-state index contributed by atoms with van der Waals surface area (Å²) in [5.41, 5.74) is 1.75. The summed E-state index contributed by atoms with van der Waals surface area (Å²) in [4.78, 5) is 17.3. The van der Waals surface area contributed by atoms with Crippen molar-refractivity contribution < 1.29 is 5.11 Å². The van der Waals surface area contributed by atoms with Gasteiger partial charge in [-0.25, -0.2) is 4.98 Å². The second kappa shape index (κ2) is 6.37. The van der Waals surface area contributed by atoms with Crippen LogP contribution in [0.3, 0.4) is 0 Å². The molecule has 0 unspecified atom stereocenters. The Labute approximate surface area is 132 Å². The minimum Gasteiger partial charge on any atom is -0.391 e. The lowest BCUT2D eigenvalue weighted by atomic mass is 10.1. The molecular formula is C16H17N3O2S. The first kappa shape index (κ1) is 14.9. The zero-order chi connectivity index (χ0) is 15.5. The molecule has 0 aliphatic heterocycles. The molecule has 3 rings (SSSR count). The molecule has 22 heavy (non-hydrogen) atoms. The smallest absolute Gasteiger partial charge is 0.264 e. The molecule has 0 amide bonds. The number of aliphatic hydroxyl groups excluding tert-OH is 1. The maximum absolute atomic E-state index is 12.4. The molecule has 0 bridgehead atoms. The Balaban J connectivity index is 1.71. The molecule has 1 atom stereocenters. The van der Waals surface area contributed by atoms with Crippen LogP contribution in [0.1, 0.15) is 17.7 Å². The van der Waals surface area contributed by atoms with Gasteiger partial charge in [0, 0.05) is 0 Å². The van der Waals surface area contributed by atoms with E-state index in [4.69, 9.17) is 0 Å². The van der Waals surface area contributed by atoms with Crippen molar-refractivity contribution in [2.24, 2.45) is 0 Å².